The van der Waals surface area contributed by atoms with Crippen molar-refractivity contribution in [3.05, 3.63) is 12.7 Å². The Morgan fingerprint density at radius 3 is 2.94 bits per heavy atom. The highest BCUT2D eigenvalue weighted by Crippen LogP contribution is 2.13. The maximum Gasteiger partial charge on any atom is 0.0855 e. The molecule has 0 aliphatic carbocycles. The molecular weight excluding hydrogens is 224 g/mol. The molecule has 1 heterocycles. The highest BCUT2D eigenvalue weighted by atomic mass is 16.5. The summed E-state index contributed by atoms with van der Waals surface area (Å²) in [5.74, 6) is 0. The molecule has 1 aliphatic rings. The third-order valence-electron chi connectivity index (χ3n) is 3.50. The fourth-order valence-electron chi connectivity index (χ4n) is 2.54. The molecule has 2 atom stereocenters. The Balaban J connectivity index is 2.45. The van der Waals surface area contributed by atoms with Crippen LogP contribution in [0.1, 0.15) is 39.5 Å². The number of nitrogens with zero attached hydrogens (tertiary/aromatic N) is 1. The van der Waals surface area contributed by atoms with Crippen LogP contribution in [-0.2, 0) is 4.74 Å². The lowest BCUT2D eigenvalue weighted by Crippen LogP contribution is -2.52. The molecule has 2 unspecified atom stereocenters. The van der Waals surface area contributed by atoms with Gasteiger partial charge in [0.05, 0.1) is 12.7 Å². The van der Waals surface area contributed by atoms with Gasteiger partial charge in [-0.15, -0.1) is 6.58 Å². The molecule has 0 spiro atoms. The van der Waals surface area contributed by atoms with Crippen LogP contribution in [0.4, 0.5) is 0 Å². The van der Waals surface area contributed by atoms with Crippen LogP contribution >= 0.6 is 0 Å². The number of allylic oxidation sites excluding steroid dienone is 1. The van der Waals surface area contributed by atoms with E-state index in [1.54, 1.807) is 0 Å². The second-order valence-corrected chi connectivity index (χ2v) is 5.14. The van der Waals surface area contributed by atoms with Crippen molar-refractivity contribution in [1.29, 1.82) is 0 Å². The number of hydrogen-bond donors (Lipinski definition) is 1. The van der Waals surface area contributed by atoms with Gasteiger partial charge in [0.2, 0.25) is 0 Å². The van der Waals surface area contributed by atoms with Gasteiger partial charge in [-0.05, 0) is 38.8 Å². The van der Waals surface area contributed by atoms with Crippen LogP contribution in [0, 0.1) is 0 Å². The Morgan fingerprint density at radius 1 is 1.44 bits per heavy atom. The second-order valence-electron chi connectivity index (χ2n) is 5.14. The molecule has 1 N–H and O–H groups in total. The predicted octanol–water partition coefficient (Wildman–Crippen LogP) is 2.43. The van der Waals surface area contributed by atoms with E-state index in [1.807, 2.05) is 6.08 Å². The highest BCUT2D eigenvalue weighted by molar-refractivity contribution is 4.85. The summed E-state index contributed by atoms with van der Waals surface area (Å²) in [6.45, 7) is 13.6. The maximum absolute atomic E-state index is 5.97. The quantitative estimate of drug-likeness (QED) is 0.640. The van der Waals surface area contributed by atoms with E-state index in [4.69, 9.17) is 4.74 Å². The average molecular weight is 254 g/mol. The van der Waals surface area contributed by atoms with E-state index < -0.39 is 0 Å². The molecule has 0 bridgehead atoms. The van der Waals surface area contributed by atoms with Crippen LogP contribution in [0.2, 0.25) is 0 Å². The van der Waals surface area contributed by atoms with E-state index in [0.717, 1.165) is 39.1 Å². The molecule has 1 aliphatic heterocycles. The normalized spacial score (nSPS) is 22.9. The fourth-order valence-corrected chi connectivity index (χ4v) is 2.54. The third kappa shape index (κ3) is 5.51. The molecule has 0 amide bonds. The van der Waals surface area contributed by atoms with Crippen molar-refractivity contribution < 1.29 is 4.74 Å². The van der Waals surface area contributed by atoms with Crippen LogP contribution in [0.15, 0.2) is 12.7 Å². The largest absolute Gasteiger partial charge is 0.374 e. The zero-order valence-corrected chi connectivity index (χ0v) is 12.2. The lowest BCUT2D eigenvalue weighted by Gasteiger charge is -2.37. The summed E-state index contributed by atoms with van der Waals surface area (Å²) in [6, 6.07) is 0.475. The summed E-state index contributed by atoms with van der Waals surface area (Å²) < 4.78 is 5.97. The molecule has 0 aromatic carbocycles. The van der Waals surface area contributed by atoms with E-state index in [9.17, 15) is 0 Å². The average Bonchev–Trinajstić information content (AvgIpc) is 2.40. The van der Waals surface area contributed by atoms with Gasteiger partial charge in [-0.25, -0.2) is 0 Å². The van der Waals surface area contributed by atoms with Crippen LogP contribution in [0.25, 0.3) is 0 Å². The van der Waals surface area contributed by atoms with E-state index in [-0.39, 0.29) is 0 Å². The second kappa shape index (κ2) is 9.54. The minimum atomic E-state index is 0.344. The van der Waals surface area contributed by atoms with Crippen molar-refractivity contribution in [3.63, 3.8) is 0 Å². The molecule has 3 heteroatoms. The summed E-state index contributed by atoms with van der Waals surface area (Å²) in [7, 11) is 0. The topological polar surface area (TPSA) is 24.5 Å². The molecule has 1 saturated heterocycles. The Kier molecular flexibility index (Phi) is 8.31. The van der Waals surface area contributed by atoms with Crippen molar-refractivity contribution in [1.82, 2.24) is 10.2 Å². The zero-order chi connectivity index (χ0) is 13.2. The SMILES string of the molecule is C=CCCC(NCCC)C1CN(CCC)CCO1. The monoisotopic (exact) mass is 254 g/mol. The molecular formula is C15H30N2O. The number of morpholine rings is 1. The van der Waals surface area contributed by atoms with Crippen LogP contribution in [-0.4, -0.2) is 49.8 Å². The van der Waals surface area contributed by atoms with Crippen LogP contribution < -0.4 is 5.32 Å². The standard InChI is InChI=1S/C15H30N2O/c1-4-7-8-14(16-9-5-2)15-13-17(10-6-3)11-12-18-15/h4,14-16H,1,5-13H2,2-3H3. The van der Waals surface area contributed by atoms with Crippen molar-refractivity contribution in [2.75, 3.05) is 32.8 Å². The van der Waals surface area contributed by atoms with Gasteiger partial charge in [-0.1, -0.05) is 19.9 Å². The number of nitrogens with one attached hydrogen (secondary N) is 1. The molecule has 0 saturated carbocycles. The number of rotatable bonds is 9. The Hall–Kier alpha value is -0.380. The summed E-state index contributed by atoms with van der Waals surface area (Å²) in [5, 5.41) is 3.64. The molecule has 3 nitrogen and oxygen atoms in total. The first-order valence-electron chi connectivity index (χ1n) is 7.50. The summed E-state index contributed by atoms with van der Waals surface area (Å²) in [4.78, 5) is 2.53. The van der Waals surface area contributed by atoms with Crippen molar-refractivity contribution in [2.45, 2.75) is 51.7 Å². The van der Waals surface area contributed by atoms with Gasteiger partial charge >= 0.3 is 0 Å². The van der Waals surface area contributed by atoms with E-state index in [1.165, 1.54) is 19.4 Å². The van der Waals surface area contributed by atoms with Crippen LogP contribution in [0.3, 0.4) is 0 Å². The summed E-state index contributed by atoms with van der Waals surface area (Å²) in [5.41, 5.74) is 0. The molecule has 1 rings (SSSR count). The molecule has 18 heavy (non-hydrogen) atoms. The number of ether oxygens (including phenoxy) is 1. The highest BCUT2D eigenvalue weighted by Gasteiger charge is 2.26. The lowest BCUT2D eigenvalue weighted by atomic mass is 10.0. The lowest BCUT2D eigenvalue weighted by molar-refractivity contribution is -0.0473. The minimum Gasteiger partial charge on any atom is -0.374 e. The van der Waals surface area contributed by atoms with E-state index in [2.05, 4.69) is 30.6 Å². The smallest absolute Gasteiger partial charge is 0.0855 e. The minimum absolute atomic E-state index is 0.344. The van der Waals surface area contributed by atoms with Gasteiger partial charge in [0.1, 0.15) is 0 Å². The first-order chi connectivity index (χ1) is 8.81. The van der Waals surface area contributed by atoms with E-state index in [0.29, 0.717) is 12.1 Å². The Labute approximate surface area is 113 Å². The maximum atomic E-state index is 5.97. The molecule has 1 fully saturated rings. The van der Waals surface area contributed by atoms with Gasteiger partial charge in [-0.3, -0.25) is 4.90 Å². The first-order valence-corrected chi connectivity index (χ1v) is 7.50. The summed E-state index contributed by atoms with van der Waals surface area (Å²) in [6.07, 6.45) is 6.95. The van der Waals surface area contributed by atoms with Gasteiger partial charge < -0.3 is 10.1 Å². The van der Waals surface area contributed by atoms with Crippen molar-refractivity contribution in [2.24, 2.45) is 0 Å². The molecule has 0 aromatic rings. The third-order valence-corrected chi connectivity index (χ3v) is 3.50. The molecule has 0 aromatic heterocycles. The fraction of sp³-hybridized carbons (Fsp3) is 0.867. The van der Waals surface area contributed by atoms with Crippen LogP contribution in [0.5, 0.6) is 0 Å². The Morgan fingerprint density at radius 2 is 2.28 bits per heavy atom. The first kappa shape index (κ1) is 15.7. The van der Waals surface area contributed by atoms with Gasteiger partial charge in [-0.2, -0.15) is 0 Å². The number of hydrogen-bond acceptors (Lipinski definition) is 3. The van der Waals surface area contributed by atoms with Crippen molar-refractivity contribution in [3.8, 4) is 0 Å². The zero-order valence-electron chi connectivity index (χ0n) is 12.2. The summed E-state index contributed by atoms with van der Waals surface area (Å²) >= 11 is 0. The molecule has 106 valence electrons. The predicted molar refractivity (Wildman–Crippen MR) is 78.0 cm³/mol. The van der Waals surface area contributed by atoms with Gasteiger partial charge in [0, 0.05) is 19.1 Å². The van der Waals surface area contributed by atoms with Gasteiger partial charge in [0.15, 0.2) is 0 Å². The van der Waals surface area contributed by atoms with Gasteiger partial charge in [0.25, 0.3) is 0 Å². The molecule has 0 radical (unpaired) electrons. The van der Waals surface area contributed by atoms with E-state index >= 15 is 0 Å². The Bertz CT molecular complexity index is 219. The van der Waals surface area contributed by atoms with Crippen molar-refractivity contribution >= 4 is 0 Å².